The second kappa shape index (κ2) is 4.72. The fourth-order valence-electron chi connectivity index (χ4n) is 0.776. The van der Waals surface area contributed by atoms with E-state index in [1.807, 2.05) is 0 Å². The van der Waals surface area contributed by atoms with Crippen LogP contribution >= 0.6 is 34.8 Å². The van der Waals surface area contributed by atoms with Crippen LogP contribution in [0, 0.1) is 17.7 Å². The van der Waals surface area contributed by atoms with Gasteiger partial charge in [0.15, 0.2) is 0 Å². The molecular formula is C9H4Cl3F. The monoisotopic (exact) mass is 236 g/mol. The van der Waals surface area contributed by atoms with Crippen LogP contribution in [0.5, 0.6) is 0 Å². The van der Waals surface area contributed by atoms with Crippen LogP contribution in [-0.4, -0.2) is 5.88 Å². The van der Waals surface area contributed by atoms with Crippen LogP contribution in [0.25, 0.3) is 0 Å². The average molecular weight is 237 g/mol. The minimum absolute atomic E-state index is 0.0259. The Hall–Kier alpha value is -0.420. The molecule has 0 heterocycles. The van der Waals surface area contributed by atoms with Crippen molar-refractivity contribution in [2.75, 3.05) is 5.88 Å². The summed E-state index contributed by atoms with van der Waals surface area (Å²) in [6, 6.07) is 2.63. The van der Waals surface area contributed by atoms with Gasteiger partial charge in [0, 0.05) is 10.6 Å². The molecule has 0 nitrogen and oxygen atoms in total. The Bertz CT molecular complexity index is 376. The van der Waals surface area contributed by atoms with E-state index in [4.69, 9.17) is 34.8 Å². The van der Waals surface area contributed by atoms with E-state index in [1.165, 1.54) is 6.07 Å². The Morgan fingerprint density at radius 1 is 1.31 bits per heavy atom. The smallest absolute Gasteiger partial charge is 0.144 e. The molecule has 0 bridgehead atoms. The quantitative estimate of drug-likeness (QED) is 0.366. The topological polar surface area (TPSA) is 0 Å². The normalized spacial score (nSPS) is 9.23. The molecule has 0 aliphatic rings. The number of benzene rings is 1. The lowest BCUT2D eigenvalue weighted by Gasteiger charge is -1.98. The van der Waals surface area contributed by atoms with Crippen molar-refractivity contribution in [1.29, 1.82) is 0 Å². The van der Waals surface area contributed by atoms with Gasteiger partial charge in [-0.2, -0.15) is 0 Å². The van der Waals surface area contributed by atoms with Gasteiger partial charge in [0.25, 0.3) is 0 Å². The van der Waals surface area contributed by atoms with Crippen molar-refractivity contribution >= 4 is 34.8 Å². The van der Waals surface area contributed by atoms with Gasteiger partial charge in [0.1, 0.15) is 5.82 Å². The molecule has 0 aromatic heterocycles. The molecule has 0 atom stereocenters. The fourth-order valence-corrected chi connectivity index (χ4v) is 1.20. The highest BCUT2D eigenvalue weighted by Gasteiger charge is 2.05. The first kappa shape index (κ1) is 10.7. The summed E-state index contributed by atoms with van der Waals surface area (Å²) in [6.07, 6.45) is 0. The summed E-state index contributed by atoms with van der Waals surface area (Å²) in [5, 5.41) is 0.239. The first-order valence-corrected chi connectivity index (χ1v) is 4.63. The molecule has 0 fully saturated rings. The predicted octanol–water partition coefficient (Wildman–Crippen LogP) is 3.72. The third-order valence-electron chi connectivity index (χ3n) is 1.28. The lowest BCUT2D eigenvalue weighted by atomic mass is 10.2. The Labute approximate surface area is 90.6 Å². The summed E-state index contributed by atoms with van der Waals surface area (Å²) in [5.74, 6) is 4.77. The second-order valence-corrected chi connectivity index (χ2v) is 3.27. The molecule has 68 valence electrons. The van der Waals surface area contributed by atoms with Crippen molar-refractivity contribution < 1.29 is 4.39 Å². The van der Waals surface area contributed by atoms with Gasteiger partial charge in [0.2, 0.25) is 0 Å². The Morgan fingerprint density at radius 2 is 2.00 bits per heavy atom. The van der Waals surface area contributed by atoms with Crippen molar-refractivity contribution in [3.8, 4) is 11.8 Å². The van der Waals surface area contributed by atoms with Gasteiger partial charge in [-0.15, -0.1) is 11.6 Å². The molecule has 1 rings (SSSR count). The molecular weight excluding hydrogens is 233 g/mol. The molecule has 0 spiro atoms. The van der Waals surface area contributed by atoms with Crippen molar-refractivity contribution in [3.63, 3.8) is 0 Å². The number of rotatable bonds is 0. The molecule has 1 aromatic carbocycles. The highest BCUT2D eigenvalue weighted by molar-refractivity contribution is 6.34. The van der Waals surface area contributed by atoms with Gasteiger partial charge in [0.05, 0.1) is 10.9 Å². The largest absolute Gasteiger partial charge is 0.205 e. The standard InChI is InChI=1S/C9H4Cl3F/c10-3-1-2-6-4-7(11)5-8(13)9(6)12/h4-5H,3H2. The Morgan fingerprint density at radius 3 is 2.62 bits per heavy atom. The zero-order chi connectivity index (χ0) is 9.84. The lowest BCUT2D eigenvalue weighted by molar-refractivity contribution is 0.628. The minimum atomic E-state index is -0.576. The van der Waals surface area contributed by atoms with Crippen LogP contribution in [0.4, 0.5) is 4.39 Å². The van der Waals surface area contributed by atoms with Gasteiger partial charge in [-0.25, -0.2) is 4.39 Å². The fraction of sp³-hybridized carbons (Fsp3) is 0.111. The molecule has 13 heavy (non-hydrogen) atoms. The van der Waals surface area contributed by atoms with Crippen LogP contribution in [0.3, 0.4) is 0 Å². The van der Waals surface area contributed by atoms with E-state index in [-0.39, 0.29) is 15.9 Å². The molecule has 0 amide bonds. The molecule has 0 radical (unpaired) electrons. The first-order chi connectivity index (χ1) is 6.15. The molecule has 0 saturated carbocycles. The zero-order valence-corrected chi connectivity index (χ0v) is 8.64. The first-order valence-electron chi connectivity index (χ1n) is 3.34. The highest BCUT2D eigenvalue weighted by Crippen LogP contribution is 2.23. The van der Waals surface area contributed by atoms with Crippen molar-refractivity contribution in [3.05, 3.63) is 33.6 Å². The van der Waals surface area contributed by atoms with Gasteiger partial charge < -0.3 is 0 Å². The number of hydrogen-bond acceptors (Lipinski definition) is 0. The summed E-state index contributed by atoms with van der Waals surface area (Å²) in [7, 11) is 0. The van der Waals surface area contributed by atoms with Crippen LogP contribution in [0.15, 0.2) is 12.1 Å². The molecule has 4 heteroatoms. The van der Waals surface area contributed by atoms with E-state index in [2.05, 4.69) is 11.8 Å². The molecule has 0 N–H and O–H groups in total. The van der Waals surface area contributed by atoms with Crippen molar-refractivity contribution in [1.82, 2.24) is 0 Å². The highest BCUT2D eigenvalue weighted by atomic mass is 35.5. The Kier molecular flexibility index (Phi) is 3.87. The SMILES string of the molecule is Fc1cc(Cl)cc(C#CCCl)c1Cl. The van der Waals surface area contributed by atoms with Gasteiger partial charge in [-0.05, 0) is 12.1 Å². The summed E-state index contributed by atoms with van der Waals surface area (Å²) in [5.41, 5.74) is 0.354. The molecule has 0 unspecified atom stereocenters. The summed E-state index contributed by atoms with van der Waals surface area (Å²) < 4.78 is 13.0. The maximum Gasteiger partial charge on any atom is 0.144 e. The summed E-state index contributed by atoms with van der Waals surface area (Å²) >= 11 is 16.6. The summed E-state index contributed by atoms with van der Waals surface area (Å²) in [4.78, 5) is 0. The van der Waals surface area contributed by atoms with E-state index in [0.717, 1.165) is 6.07 Å². The number of halogens is 4. The predicted molar refractivity (Wildman–Crippen MR) is 54.0 cm³/mol. The van der Waals surface area contributed by atoms with E-state index in [1.54, 1.807) is 0 Å². The van der Waals surface area contributed by atoms with Crippen molar-refractivity contribution in [2.24, 2.45) is 0 Å². The average Bonchev–Trinajstić information content (AvgIpc) is 2.09. The second-order valence-electron chi connectivity index (χ2n) is 2.18. The molecule has 1 aromatic rings. The minimum Gasteiger partial charge on any atom is -0.205 e. The van der Waals surface area contributed by atoms with Crippen LogP contribution < -0.4 is 0 Å². The number of hydrogen-bond donors (Lipinski definition) is 0. The van der Waals surface area contributed by atoms with Crippen LogP contribution in [-0.2, 0) is 0 Å². The maximum atomic E-state index is 13.0. The molecule has 0 saturated heterocycles. The van der Waals surface area contributed by atoms with Gasteiger partial charge in [-0.3, -0.25) is 0 Å². The lowest BCUT2D eigenvalue weighted by Crippen LogP contribution is -1.83. The molecule has 0 aliphatic carbocycles. The van der Waals surface area contributed by atoms with Gasteiger partial charge >= 0.3 is 0 Å². The third kappa shape index (κ3) is 2.77. The summed E-state index contributed by atoms with van der Waals surface area (Å²) in [6.45, 7) is 0. The van der Waals surface area contributed by atoms with E-state index in [0.29, 0.717) is 5.56 Å². The zero-order valence-electron chi connectivity index (χ0n) is 6.37. The number of alkyl halides is 1. The van der Waals surface area contributed by atoms with E-state index in [9.17, 15) is 4.39 Å². The van der Waals surface area contributed by atoms with Crippen molar-refractivity contribution in [2.45, 2.75) is 0 Å². The third-order valence-corrected chi connectivity index (χ3v) is 2.02. The van der Waals surface area contributed by atoms with E-state index < -0.39 is 5.82 Å². The van der Waals surface area contributed by atoms with E-state index >= 15 is 0 Å². The van der Waals surface area contributed by atoms with Gasteiger partial charge in [-0.1, -0.05) is 35.0 Å². The van der Waals surface area contributed by atoms with Crippen LogP contribution in [0.2, 0.25) is 10.0 Å². The Balaban J connectivity index is 3.20. The van der Waals surface area contributed by atoms with Crippen LogP contribution in [0.1, 0.15) is 5.56 Å². The molecule has 0 aliphatic heterocycles. The maximum absolute atomic E-state index is 13.0.